The molecule has 2 rings (SSSR count). The van der Waals surface area contributed by atoms with Crippen molar-refractivity contribution in [3.05, 3.63) is 62.6 Å². The third-order valence-electron chi connectivity index (χ3n) is 3.00. The van der Waals surface area contributed by atoms with E-state index in [0.717, 1.165) is 11.3 Å². The van der Waals surface area contributed by atoms with Crippen molar-refractivity contribution < 1.29 is 14.2 Å². The van der Waals surface area contributed by atoms with Gasteiger partial charge in [-0.25, -0.2) is 0 Å². The van der Waals surface area contributed by atoms with Crippen molar-refractivity contribution in [2.75, 3.05) is 13.7 Å². The fourth-order valence-electron chi connectivity index (χ4n) is 1.84. The minimum absolute atomic E-state index is 0.131. The zero-order chi connectivity index (χ0) is 17.5. The van der Waals surface area contributed by atoms with Gasteiger partial charge in [0.15, 0.2) is 5.75 Å². The average Bonchev–Trinajstić information content (AvgIpc) is 2.54. The van der Waals surface area contributed by atoms with Crippen LogP contribution in [0.4, 0.5) is 0 Å². The standard InChI is InChI=1S/C17H14Cl4O3/c1-22-12-4-2-11(3-5-12)10-24-17-14(18)8-13(9-15(17)19)23-7-6-16(20)21/h2-6,8-9H,7,10H2,1H3. The molecular weight excluding hydrogens is 394 g/mol. The summed E-state index contributed by atoms with van der Waals surface area (Å²) in [6.07, 6.45) is 1.51. The molecule has 2 aromatic carbocycles. The fourth-order valence-corrected chi connectivity index (χ4v) is 2.54. The first-order valence-corrected chi connectivity index (χ1v) is 8.39. The van der Waals surface area contributed by atoms with Crippen LogP contribution in [0.5, 0.6) is 17.2 Å². The molecule has 0 unspecified atom stereocenters. The van der Waals surface area contributed by atoms with Gasteiger partial charge in [0, 0.05) is 12.1 Å². The summed E-state index contributed by atoms with van der Waals surface area (Å²) in [6, 6.07) is 10.8. The molecule has 0 spiro atoms. The van der Waals surface area contributed by atoms with Crippen molar-refractivity contribution in [2.24, 2.45) is 0 Å². The monoisotopic (exact) mass is 406 g/mol. The zero-order valence-corrected chi connectivity index (χ0v) is 15.7. The molecule has 3 nitrogen and oxygen atoms in total. The number of rotatable bonds is 7. The summed E-state index contributed by atoms with van der Waals surface area (Å²) in [4.78, 5) is 0. The van der Waals surface area contributed by atoms with Crippen LogP contribution in [-0.4, -0.2) is 13.7 Å². The summed E-state index contributed by atoms with van der Waals surface area (Å²) in [5.41, 5.74) is 0.963. The Labute approximate surface area is 160 Å². The Balaban J connectivity index is 2.03. The van der Waals surface area contributed by atoms with E-state index in [9.17, 15) is 0 Å². The minimum atomic E-state index is 0.131. The van der Waals surface area contributed by atoms with Crippen LogP contribution >= 0.6 is 46.4 Å². The van der Waals surface area contributed by atoms with Crippen LogP contribution in [-0.2, 0) is 6.61 Å². The Morgan fingerprint density at radius 2 is 1.58 bits per heavy atom. The quantitative estimate of drug-likeness (QED) is 0.540. The molecule has 0 aliphatic rings. The van der Waals surface area contributed by atoms with Crippen molar-refractivity contribution >= 4 is 46.4 Å². The van der Waals surface area contributed by atoms with E-state index in [4.69, 9.17) is 60.6 Å². The number of hydrogen-bond acceptors (Lipinski definition) is 3. The molecule has 0 amide bonds. The Bertz CT molecular complexity index is 687. The van der Waals surface area contributed by atoms with Crippen LogP contribution in [0.2, 0.25) is 10.0 Å². The van der Waals surface area contributed by atoms with Crippen molar-refractivity contribution in [2.45, 2.75) is 6.61 Å². The number of hydrogen-bond donors (Lipinski definition) is 0. The third-order valence-corrected chi connectivity index (χ3v) is 3.87. The Morgan fingerprint density at radius 1 is 0.958 bits per heavy atom. The van der Waals surface area contributed by atoms with Gasteiger partial charge in [0.1, 0.15) is 29.2 Å². The largest absolute Gasteiger partial charge is 0.497 e. The molecule has 24 heavy (non-hydrogen) atoms. The number of ether oxygens (including phenoxy) is 3. The molecule has 0 fully saturated rings. The fraction of sp³-hybridized carbons (Fsp3) is 0.176. The van der Waals surface area contributed by atoms with Crippen LogP contribution in [0.25, 0.3) is 0 Å². The van der Waals surface area contributed by atoms with Gasteiger partial charge in [0.05, 0.1) is 17.2 Å². The summed E-state index contributed by atoms with van der Waals surface area (Å²) < 4.78 is 16.4. The minimum Gasteiger partial charge on any atom is -0.497 e. The molecule has 0 radical (unpaired) electrons. The lowest BCUT2D eigenvalue weighted by Crippen LogP contribution is -1.98. The molecule has 7 heteroatoms. The van der Waals surface area contributed by atoms with Gasteiger partial charge in [-0.3, -0.25) is 0 Å². The third kappa shape index (κ3) is 5.67. The second-order valence-electron chi connectivity index (χ2n) is 4.66. The van der Waals surface area contributed by atoms with Gasteiger partial charge in [-0.2, -0.15) is 0 Å². The Morgan fingerprint density at radius 3 is 2.12 bits per heavy atom. The SMILES string of the molecule is COc1ccc(COc2c(Cl)cc(OCC=C(Cl)Cl)cc2Cl)cc1. The summed E-state index contributed by atoms with van der Waals surface area (Å²) in [5.74, 6) is 1.67. The summed E-state index contributed by atoms with van der Waals surface area (Å²) in [6.45, 7) is 0.537. The van der Waals surface area contributed by atoms with Crippen LogP contribution in [0.15, 0.2) is 47.0 Å². The lowest BCUT2D eigenvalue weighted by atomic mass is 10.2. The first-order valence-electron chi connectivity index (χ1n) is 6.88. The van der Waals surface area contributed by atoms with Crippen LogP contribution in [0.3, 0.4) is 0 Å². The topological polar surface area (TPSA) is 27.7 Å². The van der Waals surface area contributed by atoms with E-state index in [1.165, 1.54) is 6.08 Å². The van der Waals surface area contributed by atoms with E-state index in [-0.39, 0.29) is 11.1 Å². The predicted octanol–water partition coefficient (Wildman–Crippen LogP) is 6.28. The van der Waals surface area contributed by atoms with Crippen molar-refractivity contribution in [3.8, 4) is 17.2 Å². The molecule has 0 aliphatic carbocycles. The maximum Gasteiger partial charge on any atom is 0.157 e. The maximum absolute atomic E-state index is 6.21. The molecule has 0 saturated heterocycles. The second kappa shape index (κ2) is 9.28. The van der Waals surface area contributed by atoms with E-state index in [1.54, 1.807) is 19.2 Å². The van der Waals surface area contributed by atoms with Crippen molar-refractivity contribution in [3.63, 3.8) is 0 Å². The van der Waals surface area contributed by atoms with Gasteiger partial charge in [-0.15, -0.1) is 0 Å². The summed E-state index contributed by atoms with van der Waals surface area (Å²) in [5, 5.41) is 0.707. The van der Waals surface area contributed by atoms with Gasteiger partial charge in [-0.1, -0.05) is 58.5 Å². The van der Waals surface area contributed by atoms with E-state index >= 15 is 0 Å². The molecule has 0 atom stereocenters. The van der Waals surface area contributed by atoms with Crippen molar-refractivity contribution in [1.82, 2.24) is 0 Å². The lowest BCUT2D eigenvalue weighted by Gasteiger charge is -2.12. The summed E-state index contributed by atoms with van der Waals surface area (Å²) in [7, 11) is 1.62. The molecule has 0 N–H and O–H groups in total. The molecule has 0 heterocycles. The molecule has 0 bridgehead atoms. The van der Waals surface area contributed by atoms with E-state index in [0.29, 0.717) is 28.2 Å². The second-order valence-corrected chi connectivity index (χ2v) is 6.48. The Hall–Kier alpha value is -1.26. The Kier molecular flexibility index (Phi) is 7.38. The van der Waals surface area contributed by atoms with Gasteiger partial charge in [0.2, 0.25) is 0 Å². The molecule has 2 aromatic rings. The average molecular weight is 408 g/mol. The number of benzene rings is 2. The van der Waals surface area contributed by atoms with Crippen molar-refractivity contribution in [1.29, 1.82) is 0 Å². The molecular formula is C17H14Cl4O3. The maximum atomic E-state index is 6.21. The van der Waals surface area contributed by atoms with Crippen LogP contribution in [0, 0.1) is 0 Å². The van der Waals surface area contributed by atoms with E-state index in [1.807, 2.05) is 24.3 Å². The highest BCUT2D eigenvalue weighted by Gasteiger charge is 2.11. The summed E-state index contributed by atoms with van der Waals surface area (Å²) >= 11 is 23.5. The first kappa shape index (κ1) is 19.1. The highest BCUT2D eigenvalue weighted by Crippen LogP contribution is 2.37. The van der Waals surface area contributed by atoms with Gasteiger partial charge in [0.25, 0.3) is 0 Å². The molecule has 0 saturated carbocycles. The van der Waals surface area contributed by atoms with Crippen LogP contribution in [0.1, 0.15) is 5.56 Å². The zero-order valence-electron chi connectivity index (χ0n) is 12.7. The predicted molar refractivity (Wildman–Crippen MR) is 99.1 cm³/mol. The smallest absolute Gasteiger partial charge is 0.157 e. The number of halogens is 4. The first-order chi connectivity index (χ1) is 11.5. The molecule has 0 aliphatic heterocycles. The normalized spacial score (nSPS) is 10.2. The molecule has 0 aromatic heterocycles. The van der Waals surface area contributed by atoms with Gasteiger partial charge < -0.3 is 14.2 Å². The highest BCUT2D eigenvalue weighted by molar-refractivity contribution is 6.55. The number of methoxy groups -OCH3 is 1. The molecule has 128 valence electrons. The van der Waals surface area contributed by atoms with E-state index in [2.05, 4.69) is 0 Å². The van der Waals surface area contributed by atoms with E-state index < -0.39 is 0 Å². The van der Waals surface area contributed by atoms with Gasteiger partial charge >= 0.3 is 0 Å². The highest BCUT2D eigenvalue weighted by atomic mass is 35.5. The lowest BCUT2D eigenvalue weighted by molar-refractivity contribution is 0.305. The van der Waals surface area contributed by atoms with Crippen LogP contribution < -0.4 is 14.2 Å². The van der Waals surface area contributed by atoms with Gasteiger partial charge in [-0.05, 0) is 23.8 Å².